The Morgan fingerprint density at radius 3 is 2.59 bits per heavy atom. The van der Waals surface area contributed by atoms with Crippen LogP contribution in [0.15, 0.2) is 55.1 Å². The number of imidazole rings is 1. The van der Waals surface area contributed by atoms with Crippen molar-refractivity contribution in [2.24, 2.45) is 0 Å². The van der Waals surface area contributed by atoms with Crippen LogP contribution in [0.5, 0.6) is 0 Å². The molecule has 0 N–H and O–H groups in total. The highest BCUT2D eigenvalue weighted by Gasteiger charge is 2.17. The lowest BCUT2D eigenvalue weighted by Gasteiger charge is -2.19. The number of ether oxygens (including phenoxy) is 1. The third kappa shape index (κ3) is 3.42. The highest BCUT2D eigenvalue weighted by atomic mass is 19.1. The number of pyridine rings is 1. The average Bonchev–Trinajstić information content (AvgIpc) is 2.94. The van der Waals surface area contributed by atoms with Crippen LogP contribution in [-0.4, -0.2) is 50.8 Å². The number of hydrogen-bond donors (Lipinski definition) is 0. The molecule has 1 aliphatic rings. The Morgan fingerprint density at radius 1 is 0.931 bits per heavy atom. The highest BCUT2D eigenvalue weighted by Crippen LogP contribution is 2.28. The molecule has 0 unspecified atom stereocenters. The first-order valence-corrected chi connectivity index (χ1v) is 9.53. The fraction of sp³-hybridized carbons (Fsp3) is 0.238. The van der Waals surface area contributed by atoms with Crippen LogP contribution in [-0.2, 0) is 4.74 Å². The summed E-state index contributed by atoms with van der Waals surface area (Å²) >= 11 is 0. The van der Waals surface area contributed by atoms with Gasteiger partial charge in [-0.15, -0.1) is 0 Å². The second-order valence-corrected chi connectivity index (χ2v) is 6.84. The third-order valence-corrected chi connectivity index (χ3v) is 4.94. The van der Waals surface area contributed by atoms with Crippen molar-refractivity contribution in [1.82, 2.24) is 24.5 Å². The van der Waals surface area contributed by atoms with Gasteiger partial charge in [0.05, 0.1) is 29.4 Å². The predicted octanol–water partition coefficient (Wildman–Crippen LogP) is 3.24. The summed E-state index contributed by atoms with van der Waals surface area (Å²) in [6.07, 6.45) is 7.97. The standard InChI is InChI=1S/C21H19FN6O/c22-16-2-4-17(5-3-16)28-19-14-23-7-6-18(19)26-20(28)15-12-24-21(25-13-15)27-8-1-10-29-11-9-27/h2-7,12-14H,1,8-11H2. The fourth-order valence-corrected chi connectivity index (χ4v) is 3.52. The largest absolute Gasteiger partial charge is 0.380 e. The number of hydrogen-bond acceptors (Lipinski definition) is 6. The Bertz CT molecular complexity index is 1120. The fourth-order valence-electron chi connectivity index (χ4n) is 3.52. The van der Waals surface area contributed by atoms with E-state index in [9.17, 15) is 4.39 Å². The van der Waals surface area contributed by atoms with E-state index in [-0.39, 0.29) is 5.82 Å². The van der Waals surface area contributed by atoms with E-state index in [2.05, 4.69) is 19.9 Å². The van der Waals surface area contributed by atoms with Crippen molar-refractivity contribution in [2.45, 2.75) is 6.42 Å². The van der Waals surface area contributed by atoms with Crippen molar-refractivity contribution in [3.8, 4) is 17.1 Å². The maximum Gasteiger partial charge on any atom is 0.225 e. The number of rotatable bonds is 3. The van der Waals surface area contributed by atoms with Gasteiger partial charge in [-0.3, -0.25) is 9.55 Å². The zero-order valence-electron chi connectivity index (χ0n) is 15.7. The molecule has 0 saturated carbocycles. The molecule has 1 aromatic carbocycles. The maximum atomic E-state index is 13.4. The summed E-state index contributed by atoms with van der Waals surface area (Å²) in [6.45, 7) is 3.10. The normalized spacial score (nSPS) is 14.9. The molecule has 0 amide bonds. The summed E-state index contributed by atoms with van der Waals surface area (Å²) in [5.41, 5.74) is 3.21. The minimum absolute atomic E-state index is 0.285. The van der Waals surface area contributed by atoms with E-state index < -0.39 is 0 Å². The molecule has 0 aliphatic carbocycles. The van der Waals surface area contributed by atoms with Crippen LogP contribution in [0.3, 0.4) is 0 Å². The molecule has 0 bridgehead atoms. The van der Waals surface area contributed by atoms with E-state index in [0.717, 1.165) is 48.4 Å². The first-order chi connectivity index (χ1) is 14.3. The third-order valence-electron chi connectivity index (χ3n) is 4.94. The van der Waals surface area contributed by atoms with Crippen molar-refractivity contribution in [3.63, 3.8) is 0 Å². The molecule has 8 heteroatoms. The molecule has 5 rings (SSSR count). The lowest BCUT2D eigenvalue weighted by molar-refractivity contribution is 0.152. The van der Waals surface area contributed by atoms with Gasteiger partial charge in [-0.25, -0.2) is 19.3 Å². The zero-order valence-corrected chi connectivity index (χ0v) is 15.7. The summed E-state index contributed by atoms with van der Waals surface area (Å²) < 4.78 is 20.9. The van der Waals surface area contributed by atoms with Crippen LogP contribution in [0.25, 0.3) is 28.1 Å². The molecular formula is C21H19FN6O. The van der Waals surface area contributed by atoms with Crippen LogP contribution in [0.1, 0.15) is 6.42 Å². The minimum Gasteiger partial charge on any atom is -0.380 e. The molecule has 146 valence electrons. The monoisotopic (exact) mass is 390 g/mol. The second-order valence-electron chi connectivity index (χ2n) is 6.84. The number of aromatic nitrogens is 5. The van der Waals surface area contributed by atoms with E-state index in [1.807, 2.05) is 10.6 Å². The van der Waals surface area contributed by atoms with Gasteiger partial charge in [-0.1, -0.05) is 0 Å². The van der Waals surface area contributed by atoms with Gasteiger partial charge in [0.15, 0.2) is 0 Å². The van der Waals surface area contributed by atoms with Crippen LogP contribution < -0.4 is 4.90 Å². The molecule has 3 aromatic heterocycles. The van der Waals surface area contributed by atoms with Gasteiger partial charge >= 0.3 is 0 Å². The topological polar surface area (TPSA) is 69.0 Å². The van der Waals surface area contributed by atoms with E-state index in [1.165, 1.54) is 12.1 Å². The van der Waals surface area contributed by atoms with E-state index in [0.29, 0.717) is 18.4 Å². The van der Waals surface area contributed by atoms with Gasteiger partial charge in [0, 0.05) is 44.0 Å². The van der Waals surface area contributed by atoms with Crippen molar-refractivity contribution >= 4 is 17.0 Å². The van der Waals surface area contributed by atoms with Crippen LogP contribution in [0.4, 0.5) is 10.3 Å². The Kier molecular flexibility index (Phi) is 4.61. The molecule has 1 fully saturated rings. The van der Waals surface area contributed by atoms with Crippen LogP contribution in [0.2, 0.25) is 0 Å². The molecule has 7 nitrogen and oxygen atoms in total. The van der Waals surface area contributed by atoms with Gasteiger partial charge in [0.25, 0.3) is 0 Å². The summed E-state index contributed by atoms with van der Waals surface area (Å²) in [7, 11) is 0. The van der Waals surface area contributed by atoms with Gasteiger partial charge < -0.3 is 9.64 Å². The van der Waals surface area contributed by atoms with E-state index >= 15 is 0 Å². The van der Waals surface area contributed by atoms with Crippen LogP contribution >= 0.6 is 0 Å². The van der Waals surface area contributed by atoms with Gasteiger partial charge in [0.1, 0.15) is 11.6 Å². The molecule has 0 atom stereocenters. The lowest BCUT2D eigenvalue weighted by atomic mass is 10.2. The first-order valence-electron chi connectivity index (χ1n) is 9.53. The number of anilines is 1. The lowest BCUT2D eigenvalue weighted by Crippen LogP contribution is -2.27. The van der Waals surface area contributed by atoms with Crippen molar-refractivity contribution < 1.29 is 9.13 Å². The average molecular weight is 390 g/mol. The molecule has 1 aliphatic heterocycles. The molecule has 0 spiro atoms. The smallest absolute Gasteiger partial charge is 0.225 e. The predicted molar refractivity (Wildman–Crippen MR) is 107 cm³/mol. The number of benzene rings is 1. The number of halogens is 1. The Labute approximate surface area is 166 Å². The van der Waals surface area contributed by atoms with E-state index in [1.54, 1.807) is 36.9 Å². The Morgan fingerprint density at radius 2 is 1.76 bits per heavy atom. The van der Waals surface area contributed by atoms with Crippen molar-refractivity contribution in [1.29, 1.82) is 0 Å². The Balaban J connectivity index is 1.57. The summed E-state index contributed by atoms with van der Waals surface area (Å²) in [5.74, 6) is 1.09. The maximum absolute atomic E-state index is 13.4. The molecule has 4 aromatic rings. The SMILES string of the molecule is Fc1ccc(-n2c(-c3cnc(N4CCCOCC4)nc3)nc3ccncc32)cc1. The van der Waals surface area contributed by atoms with E-state index in [4.69, 9.17) is 9.72 Å². The van der Waals surface area contributed by atoms with Crippen molar-refractivity contribution in [2.75, 3.05) is 31.2 Å². The van der Waals surface area contributed by atoms with Gasteiger partial charge in [-0.05, 0) is 36.8 Å². The highest BCUT2D eigenvalue weighted by molar-refractivity contribution is 5.82. The minimum atomic E-state index is -0.285. The number of nitrogens with zero attached hydrogens (tertiary/aromatic N) is 6. The van der Waals surface area contributed by atoms with Crippen molar-refractivity contribution in [3.05, 3.63) is 60.9 Å². The van der Waals surface area contributed by atoms with Crippen LogP contribution in [0, 0.1) is 5.82 Å². The molecule has 0 radical (unpaired) electrons. The summed E-state index contributed by atoms with van der Waals surface area (Å²) in [5, 5.41) is 0. The quantitative estimate of drug-likeness (QED) is 0.535. The zero-order chi connectivity index (χ0) is 19.6. The molecule has 29 heavy (non-hydrogen) atoms. The second kappa shape index (κ2) is 7.56. The Hall–Kier alpha value is -3.39. The number of fused-ring (bicyclic) bond motifs is 1. The molecule has 1 saturated heterocycles. The molecule has 4 heterocycles. The van der Waals surface area contributed by atoms with Gasteiger partial charge in [-0.2, -0.15) is 0 Å². The summed E-state index contributed by atoms with van der Waals surface area (Å²) in [4.78, 5) is 20.2. The van der Waals surface area contributed by atoms with Gasteiger partial charge in [0.2, 0.25) is 5.95 Å². The molecular weight excluding hydrogens is 371 g/mol. The summed E-state index contributed by atoms with van der Waals surface area (Å²) in [6, 6.07) is 8.16. The first kappa shape index (κ1) is 17.7.